The van der Waals surface area contributed by atoms with Gasteiger partial charge >= 0.3 is 5.97 Å². The number of ether oxygens (including phenoxy) is 1. The third-order valence-corrected chi connectivity index (χ3v) is 7.55. The lowest BCUT2D eigenvalue weighted by atomic mass is 9.96. The zero-order chi connectivity index (χ0) is 25.4. The number of anilines is 1. The first-order valence-electron chi connectivity index (χ1n) is 12.2. The molecular formula is C28H27N3O4S. The van der Waals surface area contributed by atoms with Gasteiger partial charge in [0, 0.05) is 12.1 Å². The Balaban J connectivity index is 1.78. The van der Waals surface area contributed by atoms with Crippen molar-refractivity contribution < 1.29 is 14.3 Å². The Kier molecular flexibility index (Phi) is 6.45. The molecule has 0 radical (unpaired) electrons. The normalized spacial score (nSPS) is 18.1. The van der Waals surface area contributed by atoms with E-state index >= 15 is 0 Å². The summed E-state index contributed by atoms with van der Waals surface area (Å²) in [7, 11) is 0. The van der Waals surface area contributed by atoms with Crippen molar-refractivity contribution in [3.05, 3.63) is 96.7 Å². The van der Waals surface area contributed by atoms with Crippen LogP contribution in [-0.2, 0) is 14.3 Å². The van der Waals surface area contributed by atoms with Crippen molar-refractivity contribution in [2.24, 2.45) is 4.99 Å². The number of hydrogen-bond acceptors (Lipinski definition) is 6. The molecule has 3 heterocycles. The predicted octanol–water partition coefficient (Wildman–Crippen LogP) is 3.32. The number of unbranched alkanes of at least 4 members (excludes halogenated alkanes) is 1. The van der Waals surface area contributed by atoms with Gasteiger partial charge in [-0.3, -0.25) is 14.2 Å². The summed E-state index contributed by atoms with van der Waals surface area (Å²) in [5.41, 5.74) is 3.24. The van der Waals surface area contributed by atoms with Crippen LogP contribution in [0.4, 0.5) is 5.69 Å². The van der Waals surface area contributed by atoms with Crippen LogP contribution >= 0.6 is 11.3 Å². The molecule has 2 aliphatic rings. The average Bonchev–Trinajstić information content (AvgIpc) is 3.34. The van der Waals surface area contributed by atoms with Gasteiger partial charge in [0.2, 0.25) is 0 Å². The average molecular weight is 502 g/mol. The maximum absolute atomic E-state index is 14.0. The van der Waals surface area contributed by atoms with Gasteiger partial charge in [0.1, 0.15) is 4.53 Å². The van der Waals surface area contributed by atoms with Crippen LogP contribution in [0.1, 0.15) is 50.8 Å². The number of aromatic nitrogens is 1. The Morgan fingerprint density at radius 3 is 2.50 bits per heavy atom. The third kappa shape index (κ3) is 3.82. The van der Waals surface area contributed by atoms with Crippen LogP contribution in [0.15, 0.2) is 75.7 Å². The van der Waals surface area contributed by atoms with Crippen LogP contribution in [0, 0.1) is 0 Å². The van der Waals surface area contributed by atoms with E-state index in [1.54, 1.807) is 18.7 Å². The Bertz CT molecular complexity index is 1570. The van der Waals surface area contributed by atoms with Gasteiger partial charge in [0.05, 0.1) is 35.2 Å². The van der Waals surface area contributed by atoms with Crippen LogP contribution < -0.4 is 19.8 Å². The van der Waals surface area contributed by atoms with Gasteiger partial charge in [-0.15, -0.1) is 0 Å². The second-order valence-corrected chi connectivity index (χ2v) is 9.71. The van der Waals surface area contributed by atoms with Crippen molar-refractivity contribution in [1.82, 2.24) is 4.57 Å². The van der Waals surface area contributed by atoms with E-state index in [1.165, 1.54) is 15.9 Å². The highest BCUT2D eigenvalue weighted by Gasteiger charge is 2.37. The summed E-state index contributed by atoms with van der Waals surface area (Å²) in [5, 5.41) is 0. The van der Waals surface area contributed by atoms with E-state index in [0.29, 0.717) is 32.7 Å². The molecule has 2 aliphatic heterocycles. The minimum atomic E-state index is -0.696. The Labute approximate surface area is 212 Å². The molecule has 1 aromatic heterocycles. The van der Waals surface area contributed by atoms with Crippen LogP contribution in [0.3, 0.4) is 0 Å². The van der Waals surface area contributed by atoms with E-state index in [-0.39, 0.29) is 18.1 Å². The number of rotatable bonds is 6. The molecule has 36 heavy (non-hydrogen) atoms. The molecule has 0 bridgehead atoms. The number of carbonyl (C=O) groups is 2. The van der Waals surface area contributed by atoms with Gasteiger partial charge < -0.3 is 9.64 Å². The van der Waals surface area contributed by atoms with Crippen LogP contribution in [0.25, 0.3) is 5.57 Å². The molecule has 184 valence electrons. The van der Waals surface area contributed by atoms with Gasteiger partial charge in [-0.2, -0.15) is 0 Å². The summed E-state index contributed by atoms with van der Waals surface area (Å²) in [6, 6.07) is 16.3. The van der Waals surface area contributed by atoms with E-state index in [1.807, 2.05) is 54.6 Å². The zero-order valence-electron chi connectivity index (χ0n) is 20.5. The summed E-state index contributed by atoms with van der Waals surface area (Å²) in [6.45, 7) is 6.39. The van der Waals surface area contributed by atoms with E-state index in [9.17, 15) is 14.4 Å². The predicted molar refractivity (Wildman–Crippen MR) is 139 cm³/mol. The second kappa shape index (κ2) is 9.70. The maximum atomic E-state index is 14.0. The molecule has 3 aromatic rings. The van der Waals surface area contributed by atoms with Gasteiger partial charge in [0.25, 0.3) is 11.5 Å². The molecule has 0 aliphatic carbocycles. The molecule has 5 rings (SSSR count). The van der Waals surface area contributed by atoms with Gasteiger partial charge in [0.15, 0.2) is 4.80 Å². The summed E-state index contributed by atoms with van der Waals surface area (Å²) < 4.78 is 7.22. The number of allylic oxidation sites excluding steroid dienone is 1. The number of carbonyl (C=O) groups excluding carboxylic acids is 2. The van der Waals surface area contributed by atoms with Crippen molar-refractivity contribution in [2.45, 2.75) is 39.7 Å². The van der Waals surface area contributed by atoms with Crippen LogP contribution in [0.5, 0.6) is 0 Å². The molecule has 1 atom stereocenters. The molecule has 0 saturated heterocycles. The molecule has 1 amide bonds. The molecule has 8 heteroatoms. The number of nitrogens with zero attached hydrogens (tertiary/aromatic N) is 3. The third-order valence-electron chi connectivity index (χ3n) is 6.49. The number of para-hydroxylation sites is 1. The van der Waals surface area contributed by atoms with Crippen molar-refractivity contribution in [2.75, 3.05) is 18.1 Å². The van der Waals surface area contributed by atoms with Crippen molar-refractivity contribution in [1.29, 1.82) is 0 Å². The quantitative estimate of drug-likeness (QED) is 0.486. The van der Waals surface area contributed by atoms with Gasteiger partial charge in [-0.05, 0) is 31.9 Å². The fourth-order valence-corrected chi connectivity index (χ4v) is 5.97. The maximum Gasteiger partial charge on any atom is 0.338 e. The lowest BCUT2D eigenvalue weighted by Gasteiger charge is -2.24. The second-order valence-electron chi connectivity index (χ2n) is 8.74. The summed E-state index contributed by atoms with van der Waals surface area (Å²) >= 11 is 1.19. The fourth-order valence-electron chi connectivity index (χ4n) is 4.83. The molecular weight excluding hydrogens is 474 g/mol. The van der Waals surface area contributed by atoms with E-state index < -0.39 is 12.0 Å². The summed E-state index contributed by atoms with van der Waals surface area (Å²) in [6.07, 6.45) is 1.82. The van der Waals surface area contributed by atoms with Crippen molar-refractivity contribution in [3.63, 3.8) is 0 Å². The SMILES string of the molecule is CCCCN1C(=O)/C(=c2\sc3n(c2=O)[C@H](c2ccccc2)C(C(=O)OCC)=C(C)N=3)c2ccccc21. The van der Waals surface area contributed by atoms with E-state index in [0.717, 1.165) is 29.7 Å². The Morgan fingerprint density at radius 2 is 1.78 bits per heavy atom. The minimum Gasteiger partial charge on any atom is -0.463 e. The van der Waals surface area contributed by atoms with E-state index in [2.05, 4.69) is 11.9 Å². The largest absolute Gasteiger partial charge is 0.463 e. The number of fused-ring (bicyclic) bond motifs is 2. The fraction of sp³-hybridized carbons (Fsp3) is 0.286. The van der Waals surface area contributed by atoms with Crippen LogP contribution in [-0.4, -0.2) is 29.6 Å². The molecule has 0 saturated carbocycles. The first kappa shape index (κ1) is 23.9. The monoisotopic (exact) mass is 501 g/mol. The highest BCUT2D eigenvalue weighted by Crippen LogP contribution is 2.35. The van der Waals surface area contributed by atoms with E-state index in [4.69, 9.17) is 4.74 Å². The van der Waals surface area contributed by atoms with Crippen LogP contribution in [0.2, 0.25) is 0 Å². The lowest BCUT2D eigenvalue weighted by Crippen LogP contribution is -2.41. The van der Waals surface area contributed by atoms with Gasteiger partial charge in [-0.1, -0.05) is 73.2 Å². The molecule has 2 aromatic carbocycles. The number of amides is 1. The highest BCUT2D eigenvalue weighted by atomic mass is 32.1. The summed E-state index contributed by atoms with van der Waals surface area (Å²) in [4.78, 5) is 47.5. The molecule has 0 unspecified atom stereocenters. The number of thiazole rings is 1. The lowest BCUT2D eigenvalue weighted by molar-refractivity contribution is -0.139. The standard InChI is InChI=1S/C28H27N3O4S/c1-4-6-16-30-20-15-11-10-14-19(20)22(25(30)32)24-26(33)31-23(18-12-8-7-9-13-18)21(27(34)35-5-2)17(3)29-28(31)36-24/h7-15,23H,4-6,16H2,1-3H3/b24-22-/t23-/m1/s1. The highest BCUT2D eigenvalue weighted by molar-refractivity contribution is 7.07. The smallest absolute Gasteiger partial charge is 0.338 e. The first-order chi connectivity index (χ1) is 17.5. The molecule has 0 spiro atoms. The number of benzene rings is 2. The number of esters is 1. The first-order valence-corrected chi connectivity index (χ1v) is 13.0. The Hall–Kier alpha value is -3.78. The van der Waals surface area contributed by atoms with Crippen molar-refractivity contribution >= 4 is 34.5 Å². The zero-order valence-corrected chi connectivity index (χ0v) is 21.3. The van der Waals surface area contributed by atoms with Gasteiger partial charge in [-0.25, -0.2) is 9.79 Å². The molecule has 0 fully saturated rings. The Morgan fingerprint density at radius 1 is 1.06 bits per heavy atom. The van der Waals surface area contributed by atoms with Crippen molar-refractivity contribution in [3.8, 4) is 0 Å². The minimum absolute atomic E-state index is 0.174. The number of hydrogen-bond donors (Lipinski definition) is 0. The summed E-state index contributed by atoms with van der Waals surface area (Å²) in [5.74, 6) is -0.675. The molecule has 0 N–H and O–H groups in total. The topological polar surface area (TPSA) is 81.0 Å². The molecule has 7 nitrogen and oxygen atoms in total.